The molecule has 0 aliphatic heterocycles. The minimum absolute atomic E-state index is 0.0209. The molecule has 1 amide bonds. The Kier molecular flexibility index (Phi) is 5.30. The first-order valence-electron chi connectivity index (χ1n) is 7.10. The lowest BCUT2D eigenvalue weighted by atomic mass is 10.1. The van der Waals surface area contributed by atoms with Gasteiger partial charge >= 0.3 is 0 Å². The van der Waals surface area contributed by atoms with Crippen molar-refractivity contribution in [2.75, 3.05) is 13.3 Å². The van der Waals surface area contributed by atoms with E-state index in [2.05, 4.69) is 0 Å². The Morgan fingerprint density at radius 3 is 2.50 bits per heavy atom. The summed E-state index contributed by atoms with van der Waals surface area (Å²) in [4.78, 5) is 14.0. The maximum Gasteiger partial charge on any atom is 0.254 e. The van der Waals surface area contributed by atoms with Gasteiger partial charge in [0.15, 0.2) is 9.84 Å². The van der Waals surface area contributed by atoms with Gasteiger partial charge in [-0.1, -0.05) is 23.7 Å². The zero-order valence-corrected chi connectivity index (χ0v) is 15.1. The Morgan fingerprint density at radius 2 is 1.92 bits per heavy atom. The summed E-state index contributed by atoms with van der Waals surface area (Å²) in [7, 11) is -1.91. The van der Waals surface area contributed by atoms with E-state index < -0.39 is 21.6 Å². The number of halogens is 2. The van der Waals surface area contributed by atoms with Gasteiger partial charge in [-0.2, -0.15) is 0 Å². The summed E-state index contributed by atoms with van der Waals surface area (Å²) in [6.45, 7) is 1.69. The van der Waals surface area contributed by atoms with E-state index in [4.69, 9.17) is 11.6 Å². The number of carbonyl (C=O) groups is 1. The second-order valence-electron chi connectivity index (χ2n) is 5.61. The third-order valence-electron chi connectivity index (χ3n) is 3.67. The van der Waals surface area contributed by atoms with Crippen LogP contribution in [0.25, 0.3) is 0 Å². The SMILES string of the molecule is Cc1ccc(S(C)(=O)=O)cc1C(=O)N(C)Cc1c(F)cccc1Cl. The van der Waals surface area contributed by atoms with Gasteiger partial charge in [-0.3, -0.25) is 4.79 Å². The van der Waals surface area contributed by atoms with E-state index in [0.717, 1.165) is 6.26 Å². The smallest absolute Gasteiger partial charge is 0.254 e. The normalized spacial score (nSPS) is 11.4. The Morgan fingerprint density at radius 1 is 1.25 bits per heavy atom. The van der Waals surface area contributed by atoms with E-state index in [1.54, 1.807) is 19.1 Å². The monoisotopic (exact) mass is 369 g/mol. The van der Waals surface area contributed by atoms with Crippen LogP contribution in [0.4, 0.5) is 4.39 Å². The van der Waals surface area contributed by atoms with Crippen molar-refractivity contribution >= 4 is 27.3 Å². The summed E-state index contributed by atoms with van der Waals surface area (Å²) in [5.41, 5.74) is 1.11. The molecule has 0 unspecified atom stereocenters. The van der Waals surface area contributed by atoms with Crippen molar-refractivity contribution in [1.29, 1.82) is 0 Å². The van der Waals surface area contributed by atoms with E-state index >= 15 is 0 Å². The van der Waals surface area contributed by atoms with Crippen LogP contribution in [0, 0.1) is 12.7 Å². The third-order valence-corrected chi connectivity index (χ3v) is 5.14. The minimum Gasteiger partial charge on any atom is -0.337 e. The molecule has 0 N–H and O–H groups in total. The quantitative estimate of drug-likeness (QED) is 0.829. The molecule has 0 aromatic heterocycles. The summed E-state index contributed by atoms with van der Waals surface area (Å²) in [6, 6.07) is 8.68. The number of carbonyl (C=O) groups excluding carboxylic acids is 1. The molecule has 128 valence electrons. The Bertz CT molecular complexity index is 876. The fraction of sp³-hybridized carbons (Fsp3) is 0.235. The highest BCUT2D eigenvalue weighted by Gasteiger charge is 2.19. The van der Waals surface area contributed by atoms with Gasteiger partial charge < -0.3 is 4.90 Å². The number of benzene rings is 2. The van der Waals surface area contributed by atoms with E-state index in [-0.39, 0.29) is 27.6 Å². The number of aryl methyl sites for hydroxylation is 1. The molecule has 0 aliphatic carbocycles. The largest absolute Gasteiger partial charge is 0.337 e. The molecule has 2 aromatic rings. The zero-order valence-electron chi connectivity index (χ0n) is 13.5. The number of sulfone groups is 1. The van der Waals surface area contributed by atoms with Crippen LogP contribution >= 0.6 is 11.6 Å². The van der Waals surface area contributed by atoms with Gasteiger partial charge in [0.1, 0.15) is 5.82 Å². The molecule has 7 heteroatoms. The Labute approximate surface area is 145 Å². The van der Waals surface area contributed by atoms with Gasteiger partial charge in [0.05, 0.1) is 4.90 Å². The van der Waals surface area contributed by atoms with E-state index in [9.17, 15) is 17.6 Å². The molecular formula is C17H17ClFNO3S. The molecule has 0 aliphatic rings. The predicted molar refractivity (Wildman–Crippen MR) is 91.5 cm³/mol. The van der Waals surface area contributed by atoms with Crippen molar-refractivity contribution in [2.45, 2.75) is 18.4 Å². The van der Waals surface area contributed by atoms with Crippen LogP contribution in [0.3, 0.4) is 0 Å². The van der Waals surface area contributed by atoms with Gasteiger partial charge in [-0.05, 0) is 36.8 Å². The molecule has 0 saturated heterocycles. The molecule has 2 rings (SSSR count). The number of nitrogens with zero attached hydrogens (tertiary/aromatic N) is 1. The first-order chi connectivity index (χ1) is 11.1. The summed E-state index contributed by atoms with van der Waals surface area (Å²) in [5.74, 6) is -0.902. The molecule has 0 atom stereocenters. The van der Waals surface area contributed by atoms with Crippen molar-refractivity contribution < 1.29 is 17.6 Å². The van der Waals surface area contributed by atoms with Crippen LogP contribution in [-0.4, -0.2) is 32.5 Å². The zero-order chi connectivity index (χ0) is 18.1. The number of hydrogen-bond donors (Lipinski definition) is 0. The molecule has 2 aromatic carbocycles. The third kappa shape index (κ3) is 3.94. The molecule has 0 fully saturated rings. The van der Waals surface area contributed by atoms with Crippen LogP contribution < -0.4 is 0 Å². The van der Waals surface area contributed by atoms with E-state index in [0.29, 0.717) is 5.56 Å². The molecule has 0 saturated carbocycles. The average Bonchev–Trinajstić information content (AvgIpc) is 2.49. The van der Waals surface area contributed by atoms with Crippen molar-refractivity contribution in [3.05, 3.63) is 63.9 Å². The van der Waals surface area contributed by atoms with Crippen molar-refractivity contribution in [1.82, 2.24) is 4.90 Å². The molecule has 0 spiro atoms. The maximum atomic E-state index is 13.9. The highest BCUT2D eigenvalue weighted by molar-refractivity contribution is 7.90. The van der Waals surface area contributed by atoms with E-state index in [1.807, 2.05) is 0 Å². The fourth-order valence-electron chi connectivity index (χ4n) is 2.26. The second-order valence-corrected chi connectivity index (χ2v) is 8.03. The maximum absolute atomic E-state index is 13.9. The number of amides is 1. The van der Waals surface area contributed by atoms with Crippen LogP contribution in [0.2, 0.25) is 5.02 Å². The van der Waals surface area contributed by atoms with Gasteiger partial charge in [-0.15, -0.1) is 0 Å². The van der Waals surface area contributed by atoms with Crippen LogP contribution in [-0.2, 0) is 16.4 Å². The number of hydrogen-bond acceptors (Lipinski definition) is 3. The van der Waals surface area contributed by atoms with Crippen LogP contribution in [0.1, 0.15) is 21.5 Å². The lowest BCUT2D eigenvalue weighted by molar-refractivity contribution is 0.0783. The Hall–Kier alpha value is -1.92. The molecule has 0 bridgehead atoms. The van der Waals surface area contributed by atoms with Gasteiger partial charge in [0.2, 0.25) is 0 Å². The summed E-state index contributed by atoms with van der Waals surface area (Å²) < 4.78 is 37.2. The first kappa shape index (κ1) is 18.4. The van der Waals surface area contributed by atoms with Gasteiger partial charge in [-0.25, -0.2) is 12.8 Å². The fourth-order valence-corrected chi connectivity index (χ4v) is 3.13. The molecular weight excluding hydrogens is 353 g/mol. The van der Waals surface area contributed by atoms with Crippen LogP contribution in [0.15, 0.2) is 41.3 Å². The second kappa shape index (κ2) is 6.91. The average molecular weight is 370 g/mol. The molecule has 0 heterocycles. The predicted octanol–water partition coefficient (Wildman–Crippen LogP) is 3.46. The summed E-state index contributed by atoms with van der Waals surface area (Å²) in [5, 5.41) is 0.233. The van der Waals surface area contributed by atoms with Crippen LogP contribution in [0.5, 0.6) is 0 Å². The minimum atomic E-state index is -3.43. The highest BCUT2D eigenvalue weighted by atomic mass is 35.5. The lowest BCUT2D eigenvalue weighted by Gasteiger charge is -2.20. The summed E-state index contributed by atoms with van der Waals surface area (Å²) >= 11 is 5.98. The topological polar surface area (TPSA) is 54.5 Å². The first-order valence-corrected chi connectivity index (χ1v) is 9.37. The lowest BCUT2D eigenvalue weighted by Crippen LogP contribution is -2.27. The van der Waals surface area contributed by atoms with Gasteiger partial charge in [0, 0.05) is 36.0 Å². The molecule has 4 nitrogen and oxygen atoms in total. The van der Waals surface area contributed by atoms with Crippen molar-refractivity contribution in [3.63, 3.8) is 0 Å². The highest BCUT2D eigenvalue weighted by Crippen LogP contribution is 2.22. The standard InChI is InChI=1S/C17H17ClFNO3S/c1-11-7-8-12(24(3,22)23)9-13(11)17(21)20(2)10-14-15(18)5-4-6-16(14)19/h4-9H,10H2,1-3H3. The van der Waals surface area contributed by atoms with Crippen molar-refractivity contribution in [2.24, 2.45) is 0 Å². The van der Waals surface area contributed by atoms with E-state index in [1.165, 1.54) is 36.2 Å². The van der Waals surface area contributed by atoms with Crippen molar-refractivity contribution in [3.8, 4) is 0 Å². The summed E-state index contributed by atoms with van der Waals surface area (Å²) in [6.07, 6.45) is 1.08. The molecule has 24 heavy (non-hydrogen) atoms. The molecule has 0 radical (unpaired) electrons. The number of rotatable bonds is 4. The Balaban J connectivity index is 2.35. The van der Waals surface area contributed by atoms with Gasteiger partial charge in [0.25, 0.3) is 5.91 Å².